The second kappa shape index (κ2) is 11.0. The Kier molecular flexibility index (Phi) is 8.13. The largest absolute Gasteiger partial charge is 0.507 e. The molecule has 5 nitrogen and oxygen atoms in total. The molecule has 0 radical (unpaired) electrons. The third kappa shape index (κ3) is 6.34. The molecule has 0 aliphatic carbocycles. The summed E-state index contributed by atoms with van der Waals surface area (Å²) in [6, 6.07) is 15.0. The summed E-state index contributed by atoms with van der Waals surface area (Å²) in [5.74, 6) is 1.67. The van der Waals surface area contributed by atoms with Crippen LogP contribution in [0.4, 0.5) is 0 Å². The highest BCUT2D eigenvalue weighted by molar-refractivity contribution is 5.84. The van der Waals surface area contributed by atoms with E-state index in [1.165, 1.54) is 0 Å². The minimum Gasteiger partial charge on any atom is -0.507 e. The molecule has 5 heteroatoms. The van der Waals surface area contributed by atoms with Gasteiger partial charge in [0, 0.05) is 6.61 Å². The fourth-order valence-corrected chi connectivity index (χ4v) is 3.74. The Labute approximate surface area is 183 Å². The molecule has 0 bridgehead atoms. The molecule has 0 saturated carbocycles. The molecule has 1 unspecified atom stereocenters. The number of benzene rings is 2. The van der Waals surface area contributed by atoms with Gasteiger partial charge in [-0.1, -0.05) is 44.5 Å². The SMILES string of the molecule is CC(C)CCC(CCc1c(O)c2cc(CCO)ccc2oc1=O)COc1ccccc1. The van der Waals surface area contributed by atoms with E-state index >= 15 is 0 Å². The molecule has 1 heterocycles. The van der Waals surface area contributed by atoms with Crippen LogP contribution in [0.3, 0.4) is 0 Å². The van der Waals surface area contributed by atoms with Crippen LogP contribution in [0.25, 0.3) is 11.0 Å². The maximum absolute atomic E-state index is 12.5. The highest BCUT2D eigenvalue weighted by atomic mass is 16.5. The van der Waals surface area contributed by atoms with Gasteiger partial charge < -0.3 is 19.4 Å². The van der Waals surface area contributed by atoms with Gasteiger partial charge in [-0.3, -0.25) is 0 Å². The van der Waals surface area contributed by atoms with E-state index < -0.39 is 5.63 Å². The normalized spacial score (nSPS) is 12.4. The van der Waals surface area contributed by atoms with Crippen molar-refractivity contribution in [3.8, 4) is 11.5 Å². The summed E-state index contributed by atoms with van der Waals surface area (Å²) in [7, 11) is 0. The van der Waals surface area contributed by atoms with Crippen LogP contribution in [0.5, 0.6) is 11.5 Å². The predicted molar refractivity (Wildman–Crippen MR) is 123 cm³/mol. The van der Waals surface area contributed by atoms with Gasteiger partial charge in [0.25, 0.3) is 0 Å². The second-order valence-corrected chi connectivity index (χ2v) is 8.52. The summed E-state index contributed by atoms with van der Waals surface area (Å²) in [5, 5.41) is 20.5. The van der Waals surface area contributed by atoms with Crippen LogP contribution < -0.4 is 10.4 Å². The van der Waals surface area contributed by atoms with E-state index in [9.17, 15) is 15.0 Å². The van der Waals surface area contributed by atoms with Crippen LogP contribution in [0.2, 0.25) is 0 Å². The van der Waals surface area contributed by atoms with Gasteiger partial charge in [0.15, 0.2) is 0 Å². The first-order valence-corrected chi connectivity index (χ1v) is 11.0. The summed E-state index contributed by atoms with van der Waals surface area (Å²) in [6.45, 7) is 4.98. The Morgan fingerprint density at radius 3 is 2.48 bits per heavy atom. The van der Waals surface area contributed by atoms with Gasteiger partial charge in [0.1, 0.15) is 17.1 Å². The van der Waals surface area contributed by atoms with Crippen molar-refractivity contribution in [2.45, 2.75) is 46.0 Å². The molecular weight excluding hydrogens is 392 g/mol. The first-order chi connectivity index (χ1) is 15.0. The maximum Gasteiger partial charge on any atom is 0.343 e. The Morgan fingerprint density at radius 1 is 1.00 bits per heavy atom. The fraction of sp³-hybridized carbons (Fsp3) is 0.423. The number of ether oxygens (including phenoxy) is 1. The summed E-state index contributed by atoms with van der Waals surface area (Å²) in [4.78, 5) is 12.5. The van der Waals surface area contributed by atoms with Crippen molar-refractivity contribution in [1.29, 1.82) is 0 Å². The van der Waals surface area contributed by atoms with Gasteiger partial charge in [0.05, 0.1) is 17.6 Å². The van der Waals surface area contributed by atoms with Crippen molar-refractivity contribution < 1.29 is 19.4 Å². The molecule has 1 atom stereocenters. The van der Waals surface area contributed by atoms with E-state index in [0.29, 0.717) is 41.9 Å². The summed E-state index contributed by atoms with van der Waals surface area (Å²) in [5.41, 5.74) is 1.06. The van der Waals surface area contributed by atoms with Gasteiger partial charge in [-0.15, -0.1) is 0 Å². The van der Waals surface area contributed by atoms with E-state index in [1.807, 2.05) is 30.3 Å². The van der Waals surface area contributed by atoms with E-state index in [4.69, 9.17) is 9.15 Å². The van der Waals surface area contributed by atoms with Crippen molar-refractivity contribution in [3.05, 3.63) is 70.1 Å². The van der Waals surface area contributed by atoms with Crippen molar-refractivity contribution in [2.24, 2.45) is 11.8 Å². The van der Waals surface area contributed by atoms with Crippen molar-refractivity contribution >= 4 is 11.0 Å². The lowest BCUT2D eigenvalue weighted by molar-refractivity contribution is 0.223. The average molecular weight is 425 g/mol. The summed E-state index contributed by atoms with van der Waals surface area (Å²) < 4.78 is 11.4. The molecule has 0 aliphatic heterocycles. The van der Waals surface area contributed by atoms with Crippen molar-refractivity contribution in [3.63, 3.8) is 0 Å². The lowest BCUT2D eigenvalue weighted by Gasteiger charge is -2.19. The minimum absolute atomic E-state index is 0.0161. The maximum atomic E-state index is 12.5. The molecule has 31 heavy (non-hydrogen) atoms. The highest BCUT2D eigenvalue weighted by Crippen LogP contribution is 2.29. The third-order valence-corrected chi connectivity index (χ3v) is 5.62. The van der Waals surface area contributed by atoms with Gasteiger partial charge in [-0.2, -0.15) is 0 Å². The van der Waals surface area contributed by atoms with Crippen LogP contribution in [0.1, 0.15) is 44.2 Å². The van der Waals surface area contributed by atoms with Gasteiger partial charge >= 0.3 is 5.63 Å². The molecule has 1 aromatic heterocycles. The molecule has 2 aromatic carbocycles. The van der Waals surface area contributed by atoms with Crippen LogP contribution in [-0.4, -0.2) is 23.4 Å². The first-order valence-electron chi connectivity index (χ1n) is 11.0. The smallest absolute Gasteiger partial charge is 0.343 e. The number of aromatic hydroxyl groups is 1. The van der Waals surface area contributed by atoms with Crippen LogP contribution in [0, 0.1) is 11.8 Å². The Balaban J connectivity index is 1.76. The van der Waals surface area contributed by atoms with Crippen LogP contribution in [-0.2, 0) is 12.8 Å². The summed E-state index contributed by atoms with van der Waals surface area (Å²) in [6.07, 6.45) is 3.70. The minimum atomic E-state index is -0.494. The Bertz CT molecular complexity index is 1020. The lowest BCUT2D eigenvalue weighted by Crippen LogP contribution is -2.16. The van der Waals surface area contributed by atoms with Crippen LogP contribution in [0.15, 0.2) is 57.7 Å². The number of aliphatic hydroxyl groups excluding tert-OH is 1. The zero-order valence-corrected chi connectivity index (χ0v) is 18.3. The third-order valence-electron chi connectivity index (χ3n) is 5.62. The van der Waals surface area contributed by atoms with Gasteiger partial charge in [-0.25, -0.2) is 4.79 Å². The predicted octanol–water partition coefficient (Wildman–Crippen LogP) is 5.10. The van der Waals surface area contributed by atoms with Gasteiger partial charge in [0.2, 0.25) is 0 Å². The number of rotatable bonds is 11. The number of para-hydroxylation sites is 1. The molecule has 3 aromatic rings. The molecule has 3 rings (SSSR count). The second-order valence-electron chi connectivity index (χ2n) is 8.52. The molecule has 0 amide bonds. The standard InChI is InChI=1S/C26H32O5/c1-18(2)8-9-20(17-30-21-6-4-3-5-7-21)10-12-22-25(28)23-16-19(14-15-27)11-13-24(23)31-26(22)29/h3-7,11,13,16,18,20,27-28H,8-10,12,14-15,17H2,1-2H3. The average Bonchev–Trinajstić information content (AvgIpc) is 2.76. The monoisotopic (exact) mass is 424 g/mol. The number of hydrogen-bond donors (Lipinski definition) is 2. The van der Waals surface area contributed by atoms with E-state index in [1.54, 1.807) is 18.2 Å². The topological polar surface area (TPSA) is 79.9 Å². The highest BCUT2D eigenvalue weighted by Gasteiger charge is 2.18. The first kappa shape index (κ1) is 22.9. The zero-order valence-electron chi connectivity index (χ0n) is 18.3. The molecular formula is C26H32O5. The van der Waals surface area contributed by atoms with E-state index in [-0.39, 0.29) is 18.3 Å². The zero-order chi connectivity index (χ0) is 22.2. The Hall–Kier alpha value is -2.79. The molecule has 2 N–H and O–H groups in total. The molecule has 0 aliphatic rings. The van der Waals surface area contributed by atoms with Crippen molar-refractivity contribution in [1.82, 2.24) is 0 Å². The molecule has 0 spiro atoms. The quantitative estimate of drug-likeness (QED) is 0.419. The van der Waals surface area contributed by atoms with E-state index in [0.717, 1.165) is 30.6 Å². The van der Waals surface area contributed by atoms with Crippen LogP contribution >= 0.6 is 0 Å². The Morgan fingerprint density at radius 2 is 1.77 bits per heavy atom. The molecule has 166 valence electrons. The number of fused-ring (bicyclic) bond motifs is 1. The van der Waals surface area contributed by atoms with Crippen molar-refractivity contribution in [2.75, 3.05) is 13.2 Å². The summed E-state index contributed by atoms with van der Waals surface area (Å²) >= 11 is 0. The van der Waals surface area contributed by atoms with Gasteiger partial charge in [-0.05, 0) is 67.3 Å². The molecule has 0 fully saturated rings. The molecule has 0 saturated heterocycles. The lowest BCUT2D eigenvalue weighted by atomic mass is 9.92. The fourth-order valence-electron chi connectivity index (χ4n) is 3.74. The number of hydrogen-bond acceptors (Lipinski definition) is 5. The number of aliphatic hydroxyl groups is 1. The van der Waals surface area contributed by atoms with E-state index in [2.05, 4.69) is 13.8 Å².